The Kier molecular flexibility index (Phi) is 5.85. The molecular weight excluding hydrogens is 369 g/mol. The van der Waals surface area contributed by atoms with Gasteiger partial charge in [-0.2, -0.15) is 0 Å². The van der Waals surface area contributed by atoms with Gasteiger partial charge in [-0.1, -0.05) is 0 Å². The zero-order valence-electron chi connectivity index (χ0n) is 11.0. The van der Waals surface area contributed by atoms with Crippen LogP contribution in [0.3, 0.4) is 0 Å². The van der Waals surface area contributed by atoms with E-state index in [1.54, 1.807) is 0 Å². The van der Waals surface area contributed by atoms with Crippen LogP contribution in [-0.4, -0.2) is 43.5 Å². The molecule has 116 valence electrons. The Morgan fingerprint density at radius 3 is 2.52 bits per heavy atom. The number of carbonyl (C=O) groups excluding carboxylic acids is 1. The van der Waals surface area contributed by atoms with Gasteiger partial charge in [-0.05, 0) is 40.5 Å². The predicted octanol–water partition coefficient (Wildman–Crippen LogP) is 1.21. The van der Waals surface area contributed by atoms with Gasteiger partial charge in [-0.3, -0.25) is 4.79 Å². The van der Waals surface area contributed by atoms with E-state index in [9.17, 15) is 22.4 Å². The molecule has 0 aromatic heterocycles. The van der Waals surface area contributed by atoms with E-state index in [0.717, 1.165) is 18.4 Å². The topological polar surface area (TPSA) is 101 Å². The SMILES string of the molecule is CS(=O)(=O)CCC(NC(=O)c1ccc(F)cc1Br)C(=O)O. The average molecular weight is 382 g/mol. The number of carboxylic acid groups (broad SMARTS) is 1. The van der Waals surface area contributed by atoms with Gasteiger partial charge in [-0.25, -0.2) is 17.6 Å². The molecule has 1 aromatic carbocycles. The summed E-state index contributed by atoms with van der Waals surface area (Å²) >= 11 is 3.00. The minimum atomic E-state index is -3.34. The molecule has 9 heteroatoms. The molecular formula is C12H13BrFNO5S. The van der Waals surface area contributed by atoms with Crippen LogP contribution in [0, 0.1) is 5.82 Å². The van der Waals surface area contributed by atoms with Gasteiger partial charge in [0.1, 0.15) is 21.7 Å². The second kappa shape index (κ2) is 6.99. The van der Waals surface area contributed by atoms with Gasteiger partial charge in [0, 0.05) is 10.7 Å². The molecule has 0 saturated carbocycles. The quantitative estimate of drug-likeness (QED) is 0.770. The van der Waals surface area contributed by atoms with E-state index in [0.29, 0.717) is 0 Å². The Morgan fingerprint density at radius 2 is 2.05 bits per heavy atom. The molecule has 1 rings (SSSR count). The highest BCUT2D eigenvalue weighted by molar-refractivity contribution is 9.10. The first-order chi connectivity index (χ1) is 9.60. The second-order valence-electron chi connectivity index (χ2n) is 4.41. The van der Waals surface area contributed by atoms with Crippen molar-refractivity contribution in [2.75, 3.05) is 12.0 Å². The number of sulfone groups is 1. The van der Waals surface area contributed by atoms with Gasteiger partial charge in [0.05, 0.1) is 11.3 Å². The number of rotatable bonds is 6. The molecule has 0 aliphatic rings. The molecule has 1 aromatic rings. The maximum absolute atomic E-state index is 12.9. The minimum absolute atomic E-state index is 0.0574. The number of carbonyl (C=O) groups is 2. The third kappa shape index (κ3) is 5.80. The lowest BCUT2D eigenvalue weighted by Crippen LogP contribution is -2.42. The molecule has 0 saturated heterocycles. The molecule has 1 atom stereocenters. The van der Waals surface area contributed by atoms with Gasteiger partial charge in [0.15, 0.2) is 0 Å². The Morgan fingerprint density at radius 1 is 1.43 bits per heavy atom. The van der Waals surface area contributed by atoms with Crippen molar-refractivity contribution in [3.63, 3.8) is 0 Å². The number of nitrogens with one attached hydrogen (secondary N) is 1. The van der Waals surface area contributed by atoms with Crippen LogP contribution in [-0.2, 0) is 14.6 Å². The number of benzene rings is 1. The first kappa shape index (κ1) is 17.6. The number of halogens is 2. The monoisotopic (exact) mass is 381 g/mol. The highest BCUT2D eigenvalue weighted by Crippen LogP contribution is 2.18. The molecule has 2 N–H and O–H groups in total. The average Bonchev–Trinajstić information content (AvgIpc) is 2.32. The third-order valence-corrected chi connectivity index (χ3v) is 4.19. The molecule has 21 heavy (non-hydrogen) atoms. The summed E-state index contributed by atoms with van der Waals surface area (Å²) in [7, 11) is -3.34. The zero-order chi connectivity index (χ0) is 16.2. The molecule has 0 spiro atoms. The van der Waals surface area contributed by atoms with Crippen molar-refractivity contribution < 1.29 is 27.5 Å². The molecule has 6 nitrogen and oxygen atoms in total. The molecule has 0 aliphatic carbocycles. The standard InChI is InChI=1S/C12H13BrFNO5S/c1-21(19,20)5-4-10(12(17)18)15-11(16)8-3-2-7(14)6-9(8)13/h2-3,6,10H,4-5H2,1H3,(H,15,16)(H,17,18). The third-order valence-electron chi connectivity index (χ3n) is 2.56. The molecule has 0 bridgehead atoms. The fourth-order valence-electron chi connectivity index (χ4n) is 1.50. The van der Waals surface area contributed by atoms with Crippen LogP contribution in [0.15, 0.2) is 22.7 Å². The van der Waals surface area contributed by atoms with Crippen LogP contribution in [0.2, 0.25) is 0 Å². The van der Waals surface area contributed by atoms with Crippen LogP contribution >= 0.6 is 15.9 Å². The minimum Gasteiger partial charge on any atom is -0.480 e. The van der Waals surface area contributed by atoms with E-state index in [1.165, 1.54) is 6.07 Å². The summed E-state index contributed by atoms with van der Waals surface area (Å²) in [6.45, 7) is 0. The van der Waals surface area contributed by atoms with Gasteiger partial charge in [-0.15, -0.1) is 0 Å². The van der Waals surface area contributed by atoms with Crippen molar-refractivity contribution in [3.05, 3.63) is 34.1 Å². The predicted molar refractivity (Wildman–Crippen MR) is 77.3 cm³/mol. The van der Waals surface area contributed by atoms with E-state index in [-0.39, 0.29) is 22.2 Å². The number of hydrogen-bond acceptors (Lipinski definition) is 4. The smallest absolute Gasteiger partial charge is 0.326 e. The van der Waals surface area contributed by atoms with E-state index in [4.69, 9.17) is 5.11 Å². The molecule has 1 unspecified atom stereocenters. The van der Waals surface area contributed by atoms with Crippen molar-refractivity contribution in [1.82, 2.24) is 5.32 Å². The van der Waals surface area contributed by atoms with E-state index in [1.807, 2.05) is 0 Å². The van der Waals surface area contributed by atoms with Crippen LogP contribution in [0.25, 0.3) is 0 Å². The van der Waals surface area contributed by atoms with Crippen molar-refractivity contribution in [3.8, 4) is 0 Å². The molecule has 0 aliphatic heterocycles. The maximum atomic E-state index is 12.9. The van der Waals surface area contributed by atoms with E-state index >= 15 is 0 Å². The maximum Gasteiger partial charge on any atom is 0.326 e. The van der Waals surface area contributed by atoms with Crippen LogP contribution in [0.5, 0.6) is 0 Å². The fraction of sp³-hybridized carbons (Fsp3) is 0.333. The van der Waals surface area contributed by atoms with Crippen molar-refractivity contribution in [2.45, 2.75) is 12.5 Å². The highest BCUT2D eigenvalue weighted by Gasteiger charge is 2.23. The zero-order valence-corrected chi connectivity index (χ0v) is 13.4. The molecule has 1 amide bonds. The first-order valence-corrected chi connectivity index (χ1v) is 8.62. The number of aliphatic carboxylic acids is 1. The fourth-order valence-corrected chi connectivity index (χ4v) is 2.69. The van der Waals surface area contributed by atoms with Gasteiger partial charge in [0.25, 0.3) is 5.91 Å². The summed E-state index contributed by atoms with van der Waals surface area (Å²) in [5.74, 6) is -2.99. The van der Waals surface area contributed by atoms with E-state index in [2.05, 4.69) is 21.2 Å². The Bertz CT molecular complexity index is 662. The summed E-state index contributed by atoms with van der Waals surface area (Å²) in [6.07, 6.45) is 0.725. The Labute approximate surface area is 129 Å². The summed E-state index contributed by atoms with van der Waals surface area (Å²) < 4.78 is 35.2. The second-order valence-corrected chi connectivity index (χ2v) is 7.52. The molecule has 0 radical (unpaired) electrons. The first-order valence-electron chi connectivity index (χ1n) is 5.76. The lowest BCUT2D eigenvalue weighted by molar-refractivity contribution is -0.139. The summed E-state index contributed by atoms with van der Waals surface area (Å²) in [5.41, 5.74) is 0.0574. The van der Waals surface area contributed by atoms with Crippen LogP contribution in [0.1, 0.15) is 16.8 Å². The lowest BCUT2D eigenvalue weighted by Gasteiger charge is -2.14. The Balaban J connectivity index is 2.84. The number of amides is 1. The lowest BCUT2D eigenvalue weighted by atomic mass is 10.1. The molecule has 0 heterocycles. The van der Waals surface area contributed by atoms with Crippen LogP contribution in [0.4, 0.5) is 4.39 Å². The van der Waals surface area contributed by atoms with Crippen molar-refractivity contribution in [2.24, 2.45) is 0 Å². The number of hydrogen-bond donors (Lipinski definition) is 2. The van der Waals surface area contributed by atoms with Crippen molar-refractivity contribution >= 4 is 37.6 Å². The van der Waals surface area contributed by atoms with Gasteiger partial charge in [0.2, 0.25) is 0 Å². The largest absolute Gasteiger partial charge is 0.480 e. The van der Waals surface area contributed by atoms with Gasteiger partial charge >= 0.3 is 5.97 Å². The van der Waals surface area contributed by atoms with Gasteiger partial charge < -0.3 is 10.4 Å². The van der Waals surface area contributed by atoms with Crippen LogP contribution < -0.4 is 5.32 Å². The van der Waals surface area contributed by atoms with E-state index < -0.39 is 33.6 Å². The normalized spacial score (nSPS) is 12.7. The number of carboxylic acids is 1. The Hall–Kier alpha value is -1.48. The summed E-state index contributed by atoms with van der Waals surface area (Å²) in [5, 5.41) is 11.2. The summed E-state index contributed by atoms with van der Waals surface area (Å²) in [4.78, 5) is 23.0. The van der Waals surface area contributed by atoms with Crippen molar-refractivity contribution in [1.29, 1.82) is 0 Å². The summed E-state index contributed by atoms with van der Waals surface area (Å²) in [6, 6.07) is 1.99. The molecule has 0 fully saturated rings. The highest BCUT2D eigenvalue weighted by atomic mass is 79.9.